The van der Waals surface area contributed by atoms with Gasteiger partial charge in [-0.1, -0.05) is 216 Å². The van der Waals surface area contributed by atoms with Crippen LogP contribution in [0.15, 0.2) is 140 Å². The highest BCUT2D eigenvalue weighted by Gasteiger charge is 2.57. The van der Waals surface area contributed by atoms with Gasteiger partial charge in [0.25, 0.3) is 6.71 Å². The third-order valence-corrected chi connectivity index (χ3v) is 26.0. The fraction of sp³-hybridized carbons (Fsp3) is 0.325. The molecule has 4 aliphatic rings. The van der Waals surface area contributed by atoms with Gasteiger partial charge in [0.15, 0.2) is 8.07 Å². The van der Waals surface area contributed by atoms with Gasteiger partial charge in [-0.2, -0.15) is 0 Å². The quantitative estimate of drug-likeness (QED) is 0.157. The van der Waals surface area contributed by atoms with E-state index in [1.807, 2.05) is 0 Å². The van der Waals surface area contributed by atoms with Gasteiger partial charge < -0.3 is 13.7 Å². The van der Waals surface area contributed by atoms with Crippen molar-refractivity contribution in [1.29, 1.82) is 0 Å². The number of benzene rings is 9. The molecule has 0 bridgehead atoms. The van der Waals surface area contributed by atoms with E-state index in [1.54, 1.807) is 15.6 Å². The van der Waals surface area contributed by atoms with Crippen molar-refractivity contribution in [1.82, 2.24) is 13.7 Å². The van der Waals surface area contributed by atoms with Gasteiger partial charge in [-0.25, -0.2) is 0 Å². The Labute approximate surface area is 505 Å². The first kappa shape index (κ1) is 53.2. The van der Waals surface area contributed by atoms with E-state index in [4.69, 9.17) is 0 Å². The minimum Gasteiger partial charge on any atom is -0.310 e. The molecular weight excluding hydrogens is 1040 g/mol. The number of fused-ring (bicyclic) bond motifs is 18. The third-order valence-electron chi connectivity index (χ3n) is 21.1. The van der Waals surface area contributed by atoms with Gasteiger partial charge >= 0.3 is 0 Å². The average Bonchev–Trinajstić information content (AvgIpc) is 1.56. The van der Waals surface area contributed by atoms with Crippen LogP contribution in [0.2, 0.25) is 0 Å². The zero-order chi connectivity index (χ0) is 59.6. The summed E-state index contributed by atoms with van der Waals surface area (Å²) in [7, 11) is -3.24. The smallest absolute Gasteiger partial charge is 0.253 e. The van der Waals surface area contributed by atoms with Crippen molar-refractivity contribution in [2.24, 2.45) is 0 Å². The molecule has 16 rings (SSSR count). The molecule has 4 aliphatic heterocycles. The van der Waals surface area contributed by atoms with Crippen molar-refractivity contribution in [3.63, 3.8) is 0 Å². The molecule has 12 aromatic rings. The zero-order valence-corrected chi connectivity index (χ0v) is 54.9. The molecular formula is C80H82BN3Si. The standard InChI is InChI=1S/C80H82BN3Si/c1-43(2)45-21-31-61-56(34-45)59-42-64-69(55-28-20-46(44(3)4)35-63(55)82(64)52-26-22-47(23-27-52)76(5,6)7)71-74(59)83(61)62-32-33-65-75-70(62)81(71)60-38-50(79(14,15)16)36-57-58-37-51(80(17,18)19)41-68(73(58)84(75)72(57)60)85(65)66-39-48(77(8,9)10)24-29-53(66)54-30-25-49(40-67(54)85)78(11,12)13/h20-44H,1-19H3. The summed E-state index contributed by atoms with van der Waals surface area (Å²) in [5.41, 5.74) is 28.5. The van der Waals surface area contributed by atoms with E-state index in [1.165, 1.54) is 154 Å². The Morgan fingerprint density at radius 2 is 0.882 bits per heavy atom. The maximum atomic E-state index is 2.87. The Bertz CT molecular complexity index is 4950. The van der Waals surface area contributed by atoms with Crippen molar-refractivity contribution >= 4 is 117 Å². The molecule has 7 heterocycles. The first-order valence-corrected chi connectivity index (χ1v) is 33.8. The van der Waals surface area contributed by atoms with Crippen LogP contribution in [0.1, 0.15) is 182 Å². The predicted molar refractivity (Wildman–Crippen MR) is 372 cm³/mol. The first-order valence-electron chi connectivity index (χ1n) is 31.8. The highest BCUT2D eigenvalue weighted by molar-refractivity contribution is 7.24. The second-order valence-corrected chi connectivity index (χ2v) is 35.9. The minimum atomic E-state index is -3.24. The Morgan fingerprint density at radius 1 is 0.353 bits per heavy atom. The SMILES string of the molecule is CC(C)c1ccc2c(c1)c1cc3c(c4c1n2-c1ccc2c5c1B4c1cc(C(C)(C)C)cc4c6cc(C(C)(C)C)cc(c6n-5c14)[Si]21c2cc(C(C)(C)C)ccc2-c2ccc(C(C)(C)C)cc21)c1ccc(C(C)C)cc1n3-c1ccc(C(C)(C)C)cc1. The van der Waals surface area contributed by atoms with E-state index in [0.29, 0.717) is 11.8 Å². The lowest BCUT2D eigenvalue weighted by Crippen LogP contribution is -2.77. The zero-order valence-electron chi connectivity index (χ0n) is 53.9. The molecule has 0 aliphatic carbocycles. The Kier molecular flexibility index (Phi) is 10.4. The average molecular weight is 1120 g/mol. The van der Waals surface area contributed by atoms with Crippen LogP contribution in [0.3, 0.4) is 0 Å². The van der Waals surface area contributed by atoms with E-state index in [9.17, 15) is 0 Å². The molecule has 0 fully saturated rings. The van der Waals surface area contributed by atoms with Crippen LogP contribution < -0.4 is 37.1 Å². The number of hydrogen-bond donors (Lipinski definition) is 0. The van der Waals surface area contributed by atoms with Gasteiger partial charge in [-0.05, 0) is 181 Å². The summed E-state index contributed by atoms with van der Waals surface area (Å²) in [6.07, 6.45) is 0. The molecule has 0 amide bonds. The highest BCUT2D eigenvalue weighted by Crippen LogP contribution is 2.48. The minimum absolute atomic E-state index is 0.0300. The summed E-state index contributed by atoms with van der Waals surface area (Å²) < 4.78 is 8.28. The van der Waals surface area contributed by atoms with Crippen LogP contribution >= 0.6 is 0 Å². The molecule has 9 aromatic carbocycles. The van der Waals surface area contributed by atoms with Crippen LogP contribution in [0.5, 0.6) is 0 Å². The molecule has 3 nitrogen and oxygen atoms in total. The Balaban J connectivity index is 1.18. The summed E-state index contributed by atoms with van der Waals surface area (Å²) in [6, 6.07) is 58.5. The van der Waals surface area contributed by atoms with Crippen molar-refractivity contribution in [2.75, 3.05) is 0 Å². The summed E-state index contributed by atoms with van der Waals surface area (Å²) >= 11 is 0. The molecule has 5 heteroatoms. The number of nitrogens with zero attached hydrogens (tertiary/aromatic N) is 3. The van der Waals surface area contributed by atoms with E-state index < -0.39 is 8.07 Å². The molecule has 3 aromatic heterocycles. The van der Waals surface area contributed by atoms with Crippen LogP contribution in [0.4, 0.5) is 0 Å². The second kappa shape index (κ2) is 16.6. The topological polar surface area (TPSA) is 14.8 Å². The molecule has 0 radical (unpaired) electrons. The lowest BCUT2D eigenvalue weighted by Gasteiger charge is -2.43. The van der Waals surface area contributed by atoms with E-state index in [-0.39, 0.29) is 33.8 Å². The van der Waals surface area contributed by atoms with Crippen molar-refractivity contribution in [2.45, 2.75) is 170 Å². The number of hydrogen-bond acceptors (Lipinski definition) is 0. The molecule has 0 N–H and O–H groups in total. The van der Waals surface area contributed by atoms with Gasteiger partial charge in [-0.3, -0.25) is 0 Å². The van der Waals surface area contributed by atoms with Crippen LogP contribution in [-0.2, 0) is 27.1 Å². The first-order chi connectivity index (χ1) is 40.0. The van der Waals surface area contributed by atoms with E-state index in [0.717, 1.165) is 0 Å². The van der Waals surface area contributed by atoms with Gasteiger partial charge in [0.2, 0.25) is 0 Å². The molecule has 0 atom stereocenters. The Hall–Kier alpha value is -7.34. The van der Waals surface area contributed by atoms with Gasteiger partial charge in [0.05, 0.1) is 27.6 Å². The lowest BCUT2D eigenvalue weighted by atomic mass is 9.33. The van der Waals surface area contributed by atoms with Gasteiger partial charge in [0.1, 0.15) is 0 Å². The summed E-state index contributed by atoms with van der Waals surface area (Å²) in [6.45, 7) is 45.4. The second-order valence-electron chi connectivity index (χ2n) is 32.2. The molecule has 1 spiro atoms. The predicted octanol–water partition coefficient (Wildman–Crippen LogP) is 16.5. The van der Waals surface area contributed by atoms with E-state index in [2.05, 4.69) is 285 Å². The molecule has 0 saturated carbocycles. The lowest BCUT2D eigenvalue weighted by molar-refractivity contribution is 0.590. The van der Waals surface area contributed by atoms with Crippen molar-refractivity contribution in [3.8, 4) is 28.2 Å². The largest absolute Gasteiger partial charge is 0.310 e. The van der Waals surface area contributed by atoms with Crippen LogP contribution in [0.25, 0.3) is 93.6 Å². The molecule has 0 saturated heterocycles. The normalized spacial score (nSPS) is 15.0. The van der Waals surface area contributed by atoms with Crippen molar-refractivity contribution in [3.05, 3.63) is 178 Å². The fourth-order valence-corrected chi connectivity index (χ4v) is 22.0. The summed E-state index contributed by atoms with van der Waals surface area (Å²) in [4.78, 5) is 0. The number of rotatable bonds is 3. The van der Waals surface area contributed by atoms with E-state index >= 15 is 0 Å². The van der Waals surface area contributed by atoms with Gasteiger partial charge in [0, 0.05) is 54.9 Å². The fourth-order valence-electron chi connectivity index (χ4n) is 16.3. The van der Waals surface area contributed by atoms with Crippen LogP contribution in [-0.4, -0.2) is 28.5 Å². The molecule has 424 valence electrons. The maximum absolute atomic E-state index is 3.24. The van der Waals surface area contributed by atoms with Crippen LogP contribution in [0, 0.1) is 0 Å². The molecule has 85 heavy (non-hydrogen) atoms. The van der Waals surface area contributed by atoms with Crippen molar-refractivity contribution < 1.29 is 0 Å². The summed E-state index contributed by atoms with van der Waals surface area (Å²) in [5.74, 6) is 0.750. The third kappa shape index (κ3) is 6.86. The Morgan fingerprint density at radius 3 is 1.47 bits per heavy atom. The summed E-state index contributed by atoms with van der Waals surface area (Å²) in [5, 5.41) is 14.3. The van der Waals surface area contributed by atoms with Gasteiger partial charge in [-0.15, -0.1) is 0 Å². The number of aromatic nitrogens is 3. The maximum Gasteiger partial charge on any atom is 0.253 e. The monoisotopic (exact) mass is 1120 g/mol. The highest BCUT2D eigenvalue weighted by atomic mass is 28.3. The molecule has 0 unspecified atom stereocenters.